The number of hydrogen-bond acceptors (Lipinski definition) is 7. The number of thioether (sulfide) groups is 1. The number of nitrogens with two attached hydrogens (primary N) is 1. The van der Waals surface area contributed by atoms with Gasteiger partial charge in [0.2, 0.25) is 0 Å². The number of rotatable bonds is 5. The summed E-state index contributed by atoms with van der Waals surface area (Å²) in [6, 6.07) is 4.16. The van der Waals surface area contributed by atoms with E-state index in [1.165, 1.54) is 36.9 Å². The van der Waals surface area contributed by atoms with Crippen molar-refractivity contribution in [2.75, 3.05) is 11.1 Å². The molecule has 0 saturated heterocycles. The van der Waals surface area contributed by atoms with Crippen LogP contribution in [-0.2, 0) is 0 Å². The number of hydrogen-bond donors (Lipinski definition) is 3. The summed E-state index contributed by atoms with van der Waals surface area (Å²) in [7, 11) is 0. The number of nitro benzene ring substituents is 1. The number of carbonyl (C=O) groups is 1. The number of anilines is 2. The molecule has 0 spiro atoms. The fourth-order valence-corrected chi connectivity index (χ4v) is 4.25. The van der Waals surface area contributed by atoms with E-state index in [2.05, 4.69) is 15.3 Å². The van der Waals surface area contributed by atoms with Gasteiger partial charge < -0.3 is 11.1 Å². The van der Waals surface area contributed by atoms with Gasteiger partial charge >= 0.3 is 0 Å². The van der Waals surface area contributed by atoms with Crippen molar-refractivity contribution in [2.45, 2.75) is 43.0 Å². The van der Waals surface area contributed by atoms with Crippen LogP contribution in [-0.4, -0.2) is 26.0 Å². The van der Waals surface area contributed by atoms with Crippen LogP contribution in [0, 0.1) is 17.0 Å². The molecule has 10 heteroatoms. The van der Waals surface area contributed by atoms with E-state index in [1.54, 1.807) is 0 Å². The molecule has 1 fully saturated rings. The van der Waals surface area contributed by atoms with Crippen LogP contribution in [0.15, 0.2) is 28.2 Å². The van der Waals surface area contributed by atoms with Gasteiger partial charge in [0.15, 0.2) is 11.0 Å². The Morgan fingerprint density at radius 2 is 2.11 bits per heavy atom. The van der Waals surface area contributed by atoms with Gasteiger partial charge in [-0.05, 0) is 25.8 Å². The van der Waals surface area contributed by atoms with Crippen LogP contribution in [0.2, 0.25) is 0 Å². The van der Waals surface area contributed by atoms with E-state index in [4.69, 9.17) is 5.73 Å². The SMILES string of the molecule is Cc1c(C(=O)Nc2c(N)nc(SC3CCCC3)[nH]c2=O)cccc1[N+](=O)[O-]. The molecule has 3 rings (SSSR count). The summed E-state index contributed by atoms with van der Waals surface area (Å²) >= 11 is 1.48. The van der Waals surface area contributed by atoms with Crippen molar-refractivity contribution >= 4 is 34.9 Å². The third-order valence-corrected chi connectivity index (χ3v) is 5.71. The molecule has 0 radical (unpaired) electrons. The Morgan fingerprint density at radius 1 is 1.41 bits per heavy atom. The lowest BCUT2D eigenvalue weighted by Crippen LogP contribution is -2.24. The molecule has 9 nitrogen and oxygen atoms in total. The Morgan fingerprint density at radius 3 is 2.74 bits per heavy atom. The predicted molar refractivity (Wildman–Crippen MR) is 103 cm³/mol. The molecule has 0 aliphatic heterocycles. The number of nitrogens with zero attached hydrogens (tertiary/aromatic N) is 2. The second-order valence-corrected chi connectivity index (χ2v) is 7.61. The summed E-state index contributed by atoms with van der Waals surface area (Å²) in [5.41, 5.74) is 5.27. The Hall–Kier alpha value is -2.88. The van der Waals surface area contributed by atoms with Crippen LogP contribution in [0.1, 0.15) is 41.6 Å². The van der Waals surface area contributed by atoms with Crippen LogP contribution in [0.5, 0.6) is 0 Å². The first kappa shape index (κ1) is 18.9. The molecule has 142 valence electrons. The number of carbonyl (C=O) groups excluding carboxylic acids is 1. The second-order valence-electron chi connectivity index (χ2n) is 6.32. The lowest BCUT2D eigenvalue weighted by atomic mass is 10.1. The van der Waals surface area contributed by atoms with Gasteiger partial charge in [-0.2, -0.15) is 0 Å². The third kappa shape index (κ3) is 4.11. The highest BCUT2D eigenvalue weighted by Gasteiger charge is 2.22. The van der Waals surface area contributed by atoms with E-state index in [-0.39, 0.29) is 28.3 Å². The van der Waals surface area contributed by atoms with Crippen molar-refractivity contribution < 1.29 is 9.72 Å². The van der Waals surface area contributed by atoms with Gasteiger partial charge in [0.1, 0.15) is 5.69 Å². The average Bonchev–Trinajstić information content (AvgIpc) is 3.11. The first-order chi connectivity index (χ1) is 12.9. The molecule has 27 heavy (non-hydrogen) atoms. The number of nitro groups is 1. The average molecular weight is 389 g/mol. The quantitative estimate of drug-likeness (QED) is 0.405. The highest BCUT2D eigenvalue weighted by Crippen LogP contribution is 2.33. The van der Waals surface area contributed by atoms with E-state index < -0.39 is 16.4 Å². The minimum absolute atomic E-state index is 0.0873. The van der Waals surface area contributed by atoms with Gasteiger partial charge in [0, 0.05) is 22.4 Å². The number of nitrogen functional groups attached to an aromatic ring is 1. The summed E-state index contributed by atoms with van der Waals surface area (Å²) in [5, 5.41) is 14.3. The number of aromatic amines is 1. The Labute approximate surface area is 158 Å². The van der Waals surface area contributed by atoms with Crippen LogP contribution in [0.25, 0.3) is 0 Å². The molecule has 1 aromatic heterocycles. The monoisotopic (exact) mass is 389 g/mol. The number of nitrogens with one attached hydrogen (secondary N) is 2. The Bertz CT molecular complexity index is 953. The van der Waals surface area contributed by atoms with Crippen LogP contribution in [0.4, 0.5) is 17.2 Å². The molecular formula is C17H19N5O4S. The zero-order valence-corrected chi connectivity index (χ0v) is 15.5. The van der Waals surface area contributed by atoms with Crippen molar-refractivity contribution in [3.8, 4) is 0 Å². The van der Waals surface area contributed by atoms with E-state index >= 15 is 0 Å². The van der Waals surface area contributed by atoms with Crippen LogP contribution < -0.4 is 16.6 Å². The summed E-state index contributed by atoms with van der Waals surface area (Å²) in [6.07, 6.45) is 4.46. The van der Waals surface area contributed by atoms with Gasteiger partial charge in [-0.25, -0.2) is 4.98 Å². The first-order valence-corrected chi connectivity index (χ1v) is 9.36. The van der Waals surface area contributed by atoms with Crippen molar-refractivity contribution in [1.82, 2.24) is 9.97 Å². The van der Waals surface area contributed by atoms with Crippen LogP contribution >= 0.6 is 11.8 Å². The largest absolute Gasteiger partial charge is 0.382 e. The number of aromatic nitrogens is 2. The van der Waals surface area contributed by atoms with Crippen molar-refractivity contribution in [2.24, 2.45) is 0 Å². The molecule has 2 aromatic rings. The van der Waals surface area contributed by atoms with Gasteiger partial charge in [-0.1, -0.05) is 30.7 Å². The predicted octanol–water partition coefficient (Wildman–Crippen LogP) is 2.86. The van der Waals surface area contributed by atoms with Gasteiger partial charge in [0.25, 0.3) is 17.2 Å². The normalized spacial score (nSPS) is 14.3. The molecule has 1 aliphatic rings. The molecule has 0 bridgehead atoms. The van der Waals surface area contributed by atoms with Gasteiger partial charge in [-0.3, -0.25) is 24.7 Å². The van der Waals surface area contributed by atoms with Crippen molar-refractivity contribution in [1.29, 1.82) is 0 Å². The zero-order chi connectivity index (χ0) is 19.6. The maximum absolute atomic E-state index is 12.5. The minimum atomic E-state index is -0.661. The van der Waals surface area contributed by atoms with Crippen LogP contribution in [0.3, 0.4) is 0 Å². The standard InChI is InChI=1S/C17H19N5O4S/c1-9-11(7-4-8-12(9)22(25)26)15(23)19-13-14(18)20-17(21-16(13)24)27-10-5-2-3-6-10/h4,7-8,10H,2-3,5-6H2,1H3,(H,19,23)(H3,18,20,21,24). The number of H-pyrrole nitrogens is 1. The van der Waals surface area contributed by atoms with E-state index in [9.17, 15) is 19.7 Å². The fraction of sp³-hybridized carbons (Fsp3) is 0.353. The summed E-state index contributed by atoms with van der Waals surface area (Å²) in [5.74, 6) is -0.748. The highest BCUT2D eigenvalue weighted by molar-refractivity contribution is 7.99. The summed E-state index contributed by atoms with van der Waals surface area (Å²) < 4.78 is 0. The van der Waals surface area contributed by atoms with Gasteiger partial charge in [0.05, 0.1) is 4.92 Å². The number of benzene rings is 1. The lowest BCUT2D eigenvalue weighted by molar-refractivity contribution is -0.385. The van der Waals surface area contributed by atoms with Gasteiger partial charge in [-0.15, -0.1) is 0 Å². The Kier molecular flexibility index (Phi) is 5.45. The minimum Gasteiger partial charge on any atom is -0.382 e. The molecule has 1 saturated carbocycles. The first-order valence-electron chi connectivity index (χ1n) is 8.48. The number of amides is 1. The Balaban J connectivity index is 1.83. The van der Waals surface area contributed by atoms with E-state index in [1.807, 2.05) is 0 Å². The highest BCUT2D eigenvalue weighted by atomic mass is 32.2. The second kappa shape index (κ2) is 7.78. The van der Waals surface area contributed by atoms with E-state index in [0.717, 1.165) is 25.7 Å². The molecule has 4 N–H and O–H groups in total. The van der Waals surface area contributed by atoms with Crippen molar-refractivity contribution in [3.05, 3.63) is 49.8 Å². The molecule has 0 atom stereocenters. The van der Waals surface area contributed by atoms with E-state index in [0.29, 0.717) is 10.4 Å². The lowest BCUT2D eigenvalue weighted by Gasteiger charge is -2.11. The van der Waals surface area contributed by atoms with Crippen molar-refractivity contribution in [3.63, 3.8) is 0 Å². The molecule has 0 unspecified atom stereocenters. The zero-order valence-electron chi connectivity index (χ0n) is 14.7. The topological polar surface area (TPSA) is 144 Å². The third-order valence-electron chi connectivity index (χ3n) is 4.49. The molecule has 1 aromatic carbocycles. The molecular weight excluding hydrogens is 370 g/mol. The summed E-state index contributed by atoms with van der Waals surface area (Å²) in [4.78, 5) is 42.1. The maximum Gasteiger partial charge on any atom is 0.277 e. The molecule has 1 amide bonds. The fourth-order valence-electron chi connectivity index (χ4n) is 3.06. The molecule has 1 heterocycles. The summed E-state index contributed by atoms with van der Waals surface area (Å²) in [6.45, 7) is 1.47. The maximum atomic E-state index is 12.5. The smallest absolute Gasteiger partial charge is 0.277 e. The molecule has 1 aliphatic carbocycles.